The van der Waals surface area contributed by atoms with Crippen molar-refractivity contribution in [1.82, 2.24) is 0 Å². The Kier molecular flexibility index (Phi) is 8.05. The first-order chi connectivity index (χ1) is 21.2. The smallest absolute Gasteiger partial charge is 0.262 e. The van der Waals surface area contributed by atoms with E-state index >= 15 is 0 Å². The van der Waals surface area contributed by atoms with Gasteiger partial charge in [-0.25, -0.2) is 0 Å². The molecule has 0 spiro atoms. The second-order valence-electron chi connectivity index (χ2n) is 9.78. The van der Waals surface area contributed by atoms with Crippen LogP contribution in [0, 0.1) is 0 Å². The van der Waals surface area contributed by atoms with E-state index in [0.717, 1.165) is 11.4 Å². The number of carbonyl (C=O) groups excluding carboxylic acids is 2. The molecule has 5 nitrogen and oxygen atoms in total. The molecule has 0 aliphatic carbocycles. The number of para-hydroxylation sites is 2. The number of carbonyl (C=O) groups is 2. The van der Waals surface area contributed by atoms with Crippen molar-refractivity contribution in [3.05, 3.63) is 181 Å². The van der Waals surface area contributed by atoms with Gasteiger partial charge in [-0.1, -0.05) is 84.9 Å². The molecular formula is C38H28N2O3. The summed E-state index contributed by atoms with van der Waals surface area (Å²) in [6, 6.07) is 52.3. The standard InChI is InChI=1S/C38H28N2O3/c41-37(29-15-5-1-6-16-29)39(31-19-9-3-10-20-31)33-23-13-25-35(27-33)43-36-26-14-24-34(28-36)40(32-21-11-4-12-22-32)38(42)30-17-7-2-8-18-30/h1-28H. The molecule has 0 bridgehead atoms. The van der Waals surface area contributed by atoms with Crippen molar-refractivity contribution < 1.29 is 14.3 Å². The Morgan fingerprint density at radius 2 is 0.698 bits per heavy atom. The Morgan fingerprint density at radius 3 is 1.07 bits per heavy atom. The summed E-state index contributed by atoms with van der Waals surface area (Å²) in [6.45, 7) is 0. The monoisotopic (exact) mass is 560 g/mol. The van der Waals surface area contributed by atoms with Gasteiger partial charge in [0.2, 0.25) is 0 Å². The van der Waals surface area contributed by atoms with Gasteiger partial charge in [-0.05, 0) is 72.8 Å². The Hall–Kier alpha value is -5.94. The quantitative estimate of drug-likeness (QED) is 0.186. The van der Waals surface area contributed by atoms with Gasteiger partial charge in [0.05, 0.1) is 11.4 Å². The van der Waals surface area contributed by atoms with Crippen molar-refractivity contribution in [2.45, 2.75) is 0 Å². The fraction of sp³-hybridized carbons (Fsp3) is 0. The molecule has 208 valence electrons. The van der Waals surface area contributed by atoms with Crippen LogP contribution in [0.5, 0.6) is 11.5 Å². The van der Waals surface area contributed by atoms with Crippen molar-refractivity contribution in [2.24, 2.45) is 0 Å². The number of hydrogen-bond donors (Lipinski definition) is 0. The summed E-state index contributed by atoms with van der Waals surface area (Å²) in [5.41, 5.74) is 3.98. The van der Waals surface area contributed by atoms with Crippen LogP contribution in [0.1, 0.15) is 20.7 Å². The normalized spacial score (nSPS) is 10.5. The predicted octanol–water partition coefficient (Wildman–Crippen LogP) is 9.44. The molecule has 6 rings (SSSR count). The maximum atomic E-state index is 13.7. The van der Waals surface area contributed by atoms with E-state index in [0.29, 0.717) is 34.0 Å². The first-order valence-electron chi connectivity index (χ1n) is 13.9. The van der Waals surface area contributed by atoms with Gasteiger partial charge < -0.3 is 4.74 Å². The van der Waals surface area contributed by atoms with E-state index in [1.54, 1.807) is 34.1 Å². The molecule has 0 atom stereocenters. The molecule has 0 fully saturated rings. The summed E-state index contributed by atoms with van der Waals surface area (Å²) in [5.74, 6) is 0.807. The third-order valence-electron chi connectivity index (χ3n) is 6.86. The molecule has 0 aliphatic rings. The molecular weight excluding hydrogens is 532 g/mol. The van der Waals surface area contributed by atoms with E-state index in [1.165, 1.54) is 0 Å². The van der Waals surface area contributed by atoms with Crippen LogP contribution < -0.4 is 14.5 Å². The highest BCUT2D eigenvalue weighted by Gasteiger charge is 2.22. The molecule has 0 saturated carbocycles. The van der Waals surface area contributed by atoms with E-state index in [1.807, 2.05) is 146 Å². The van der Waals surface area contributed by atoms with Gasteiger partial charge in [-0.2, -0.15) is 0 Å². The lowest BCUT2D eigenvalue weighted by atomic mass is 10.1. The van der Waals surface area contributed by atoms with Crippen LogP contribution in [-0.4, -0.2) is 11.8 Å². The molecule has 2 amide bonds. The Bertz CT molecular complexity index is 1690. The minimum Gasteiger partial charge on any atom is -0.457 e. The largest absolute Gasteiger partial charge is 0.457 e. The van der Waals surface area contributed by atoms with Crippen LogP contribution in [0.4, 0.5) is 22.7 Å². The van der Waals surface area contributed by atoms with Crippen LogP contribution in [0.3, 0.4) is 0 Å². The van der Waals surface area contributed by atoms with Crippen molar-refractivity contribution in [3.8, 4) is 11.5 Å². The minimum absolute atomic E-state index is 0.149. The summed E-state index contributed by atoms with van der Waals surface area (Å²) in [4.78, 5) is 30.7. The van der Waals surface area contributed by atoms with Crippen LogP contribution >= 0.6 is 0 Å². The average molecular weight is 561 g/mol. The number of anilines is 4. The molecule has 0 saturated heterocycles. The molecule has 43 heavy (non-hydrogen) atoms. The van der Waals surface area contributed by atoms with Crippen molar-refractivity contribution in [2.75, 3.05) is 9.80 Å². The summed E-state index contributed by atoms with van der Waals surface area (Å²) in [5, 5.41) is 0. The Balaban J connectivity index is 1.33. The second kappa shape index (κ2) is 12.7. The molecule has 0 radical (unpaired) electrons. The molecule has 5 heteroatoms. The second-order valence-corrected chi connectivity index (χ2v) is 9.78. The maximum Gasteiger partial charge on any atom is 0.262 e. The zero-order valence-corrected chi connectivity index (χ0v) is 23.3. The molecule has 0 aromatic heterocycles. The Labute approximate surface area is 250 Å². The molecule has 0 heterocycles. The fourth-order valence-corrected chi connectivity index (χ4v) is 4.85. The Morgan fingerprint density at radius 1 is 0.372 bits per heavy atom. The van der Waals surface area contributed by atoms with Gasteiger partial charge in [-0.3, -0.25) is 19.4 Å². The van der Waals surface area contributed by atoms with E-state index in [4.69, 9.17) is 4.74 Å². The molecule has 6 aromatic carbocycles. The van der Waals surface area contributed by atoms with Crippen molar-refractivity contribution >= 4 is 34.6 Å². The zero-order valence-electron chi connectivity index (χ0n) is 23.3. The molecule has 0 unspecified atom stereocenters. The van der Waals surface area contributed by atoms with Crippen LogP contribution in [0.25, 0.3) is 0 Å². The highest BCUT2D eigenvalue weighted by molar-refractivity contribution is 6.11. The highest BCUT2D eigenvalue weighted by atomic mass is 16.5. The first kappa shape index (κ1) is 27.2. The number of hydrogen-bond acceptors (Lipinski definition) is 3. The van der Waals surface area contributed by atoms with Gasteiger partial charge in [0.25, 0.3) is 11.8 Å². The maximum absolute atomic E-state index is 13.7. The number of amides is 2. The van der Waals surface area contributed by atoms with Gasteiger partial charge in [0, 0.05) is 34.6 Å². The molecule has 0 N–H and O–H groups in total. The van der Waals surface area contributed by atoms with Crippen LogP contribution in [-0.2, 0) is 0 Å². The van der Waals surface area contributed by atoms with E-state index in [2.05, 4.69) is 0 Å². The van der Waals surface area contributed by atoms with Gasteiger partial charge in [0.15, 0.2) is 0 Å². The molecule has 6 aromatic rings. The number of benzene rings is 6. The summed E-state index contributed by atoms with van der Waals surface area (Å²) in [7, 11) is 0. The van der Waals surface area contributed by atoms with Gasteiger partial charge in [0.1, 0.15) is 11.5 Å². The number of rotatable bonds is 8. The highest BCUT2D eigenvalue weighted by Crippen LogP contribution is 2.34. The SMILES string of the molecule is O=C(c1ccccc1)N(c1ccccc1)c1cccc(Oc2cccc(N(C(=O)c3ccccc3)c3ccccc3)c2)c1. The third kappa shape index (κ3) is 6.21. The van der Waals surface area contributed by atoms with Crippen molar-refractivity contribution in [3.63, 3.8) is 0 Å². The van der Waals surface area contributed by atoms with Gasteiger partial charge in [-0.15, -0.1) is 0 Å². The van der Waals surface area contributed by atoms with Crippen molar-refractivity contribution in [1.29, 1.82) is 0 Å². The third-order valence-corrected chi connectivity index (χ3v) is 6.86. The number of ether oxygens (including phenoxy) is 1. The van der Waals surface area contributed by atoms with E-state index < -0.39 is 0 Å². The van der Waals surface area contributed by atoms with E-state index in [9.17, 15) is 9.59 Å². The summed E-state index contributed by atoms with van der Waals surface area (Å²) < 4.78 is 6.33. The zero-order chi connectivity index (χ0) is 29.4. The molecule has 0 aliphatic heterocycles. The van der Waals surface area contributed by atoms with E-state index in [-0.39, 0.29) is 11.8 Å². The lowest BCUT2D eigenvalue weighted by Gasteiger charge is -2.24. The van der Waals surface area contributed by atoms with Crippen LogP contribution in [0.15, 0.2) is 170 Å². The minimum atomic E-state index is -0.149. The number of nitrogens with zero attached hydrogens (tertiary/aromatic N) is 2. The topological polar surface area (TPSA) is 49.9 Å². The average Bonchev–Trinajstić information content (AvgIpc) is 3.07. The predicted molar refractivity (Wildman–Crippen MR) is 172 cm³/mol. The summed E-state index contributed by atoms with van der Waals surface area (Å²) in [6.07, 6.45) is 0. The summed E-state index contributed by atoms with van der Waals surface area (Å²) >= 11 is 0. The fourth-order valence-electron chi connectivity index (χ4n) is 4.85. The van der Waals surface area contributed by atoms with Gasteiger partial charge >= 0.3 is 0 Å². The first-order valence-corrected chi connectivity index (χ1v) is 13.9. The van der Waals surface area contributed by atoms with Crippen LogP contribution in [0.2, 0.25) is 0 Å². The lowest BCUT2D eigenvalue weighted by molar-refractivity contribution is 0.0991. The lowest BCUT2D eigenvalue weighted by Crippen LogP contribution is -2.26.